The van der Waals surface area contributed by atoms with Gasteiger partial charge in [-0.1, -0.05) is 32.0 Å². The van der Waals surface area contributed by atoms with Gasteiger partial charge in [0.25, 0.3) is 0 Å². The summed E-state index contributed by atoms with van der Waals surface area (Å²) in [6, 6.07) is 12.3. The van der Waals surface area contributed by atoms with Gasteiger partial charge in [0.2, 0.25) is 0 Å². The highest BCUT2D eigenvalue weighted by Gasteiger charge is 2.00. The first-order chi connectivity index (χ1) is 8.16. The maximum atomic E-state index is 12.7. The first-order valence-corrected chi connectivity index (χ1v) is 5.79. The van der Waals surface area contributed by atoms with Crippen LogP contribution in [-0.2, 0) is 0 Å². The number of benzene rings is 2. The molecule has 0 fully saturated rings. The van der Waals surface area contributed by atoms with Crippen LogP contribution in [0.2, 0.25) is 0 Å². The average Bonchev–Trinajstić information content (AvgIpc) is 2.36. The van der Waals surface area contributed by atoms with Crippen LogP contribution in [0.15, 0.2) is 42.5 Å². The molecule has 2 aromatic carbocycles. The molecule has 0 atom stereocenters. The molecule has 2 rings (SSSR count). The van der Waals surface area contributed by atoms with E-state index >= 15 is 0 Å². The third-order valence-electron chi connectivity index (χ3n) is 2.45. The van der Waals surface area contributed by atoms with Gasteiger partial charge in [-0.3, -0.25) is 0 Å². The standard InChI is InChI=1S/C13H12FN.C2H6/c1-9-8-11(4-7-13(9)15)10-2-5-12(14)6-3-10;1-2/h2-8H,15H2,1H3;1-2H3. The number of hydrogen-bond donors (Lipinski definition) is 1. The molecule has 0 bridgehead atoms. The van der Waals surface area contributed by atoms with Crippen molar-refractivity contribution in [3.63, 3.8) is 0 Å². The Bertz CT molecular complexity index is 475. The smallest absolute Gasteiger partial charge is 0.123 e. The summed E-state index contributed by atoms with van der Waals surface area (Å²) in [5, 5.41) is 0. The Morgan fingerprint density at radius 3 is 1.94 bits per heavy atom. The minimum Gasteiger partial charge on any atom is -0.399 e. The molecule has 17 heavy (non-hydrogen) atoms. The molecule has 0 saturated heterocycles. The van der Waals surface area contributed by atoms with E-state index in [1.54, 1.807) is 12.1 Å². The van der Waals surface area contributed by atoms with Crippen molar-refractivity contribution in [2.45, 2.75) is 20.8 Å². The van der Waals surface area contributed by atoms with Crippen LogP contribution in [0.25, 0.3) is 11.1 Å². The van der Waals surface area contributed by atoms with Gasteiger partial charge in [-0.2, -0.15) is 0 Å². The van der Waals surface area contributed by atoms with Crippen LogP contribution >= 0.6 is 0 Å². The van der Waals surface area contributed by atoms with Gasteiger partial charge in [0.15, 0.2) is 0 Å². The topological polar surface area (TPSA) is 26.0 Å². The van der Waals surface area contributed by atoms with E-state index in [4.69, 9.17) is 5.73 Å². The number of hydrogen-bond acceptors (Lipinski definition) is 1. The number of anilines is 1. The Balaban J connectivity index is 0.000000686. The van der Waals surface area contributed by atoms with Crippen molar-refractivity contribution in [2.75, 3.05) is 5.73 Å². The monoisotopic (exact) mass is 231 g/mol. The second kappa shape index (κ2) is 6.04. The molecule has 0 aliphatic heterocycles. The second-order valence-corrected chi connectivity index (χ2v) is 3.58. The quantitative estimate of drug-likeness (QED) is 0.723. The van der Waals surface area contributed by atoms with Crippen LogP contribution in [0.5, 0.6) is 0 Å². The average molecular weight is 231 g/mol. The minimum atomic E-state index is -0.217. The van der Waals surface area contributed by atoms with Gasteiger partial charge in [0, 0.05) is 5.69 Å². The normalized spacial score (nSPS) is 9.41. The van der Waals surface area contributed by atoms with Crippen LogP contribution < -0.4 is 5.73 Å². The van der Waals surface area contributed by atoms with Crippen LogP contribution in [0.4, 0.5) is 10.1 Å². The predicted octanol–water partition coefficient (Wildman–Crippen LogP) is 4.41. The lowest BCUT2D eigenvalue weighted by molar-refractivity contribution is 0.628. The van der Waals surface area contributed by atoms with E-state index in [0.29, 0.717) is 0 Å². The minimum absolute atomic E-state index is 0.217. The molecular formula is C15H18FN. The van der Waals surface area contributed by atoms with E-state index in [0.717, 1.165) is 22.4 Å². The largest absolute Gasteiger partial charge is 0.399 e. The molecule has 0 heterocycles. The molecule has 0 spiro atoms. The molecule has 0 aliphatic carbocycles. The summed E-state index contributed by atoms with van der Waals surface area (Å²) in [5.74, 6) is -0.217. The summed E-state index contributed by atoms with van der Waals surface area (Å²) in [5.41, 5.74) is 9.60. The molecule has 0 radical (unpaired) electrons. The van der Waals surface area contributed by atoms with Crippen LogP contribution in [0, 0.1) is 12.7 Å². The summed E-state index contributed by atoms with van der Waals surface area (Å²) in [6.45, 7) is 5.96. The Hall–Kier alpha value is -1.83. The van der Waals surface area contributed by atoms with E-state index in [9.17, 15) is 4.39 Å². The molecule has 0 aliphatic rings. The van der Waals surface area contributed by atoms with Gasteiger partial charge in [0.1, 0.15) is 5.82 Å². The van der Waals surface area contributed by atoms with E-state index in [2.05, 4.69) is 0 Å². The van der Waals surface area contributed by atoms with Gasteiger partial charge in [-0.25, -0.2) is 4.39 Å². The summed E-state index contributed by atoms with van der Waals surface area (Å²) in [6.07, 6.45) is 0. The number of aryl methyl sites for hydroxylation is 1. The van der Waals surface area contributed by atoms with Crippen molar-refractivity contribution < 1.29 is 4.39 Å². The van der Waals surface area contributed by atoms with Crippen molar-refractivity contribution >= 4 is 5.69 Å². The molecule has 90 valence electrons. The third kappa shape index (κ3) is 3.31. The van der Waals surface area contributed by atoms with Crippen molar-refractivity contribution in [2.24, 2.45) is 0 Å². The fourth-order valence-electron chi connectivity index (χ4n) is 1.50. The third-order valence-corrected chi connectivity index (χ3v) is 2.45. The van der Waals surface area contributed by atoms with Crippen LogP contribution in [-0.4, -0.2) is 0 Å². The number of nitrogens with two attached hydrogens (primary N) is 1. The highest BCUT2D eigenvalue weighted by Crippen LogP contribution is 2.23. The van der Waals surface area contributed by atoms with Gasteiger partial charge in [0.05, 0.1) is 0 Å². The van der Waals surface area contributed by atoms with E-state index in [1.807, 2.05) is 39.0 Å². The zero-order valence-corrected chi connectivity index (χ0v) is 10.5. The Morgan fingerprint density at radius 2 is 1.41 bits per heavy atom. The molecule has 0 aromatic heterocycles. The van der Waals surface area contributed by atoms with Crippen molar-refractivity contribution in [1.82, 2.24) is 0 Å². The zero-order chi connectivity index (χ0) is 12.8. The van der Waals surface area contributed by atoms with Crippen LogP contribution in [0.1, 0.15) is 19.4 Å². The first-order valence-electron chi connectivity index (χ1n) is 5.79. The fraction of sp³-hybridized carbons (Fsp3) is 0.200. The van der Waals surface area contributed by atoms with Gasteiger partial charge in [-0.15, -0.1) is 0 Å². The molecule has 1 nitrogen and oxygen atoms in total. The second-order valence-electron chi connectivity index (χ2n) is 3.58. The number of nitrogen functional groups attached to an aromatic ring is 1. The highest BCUT2D eigenvalue weighted by atomic mass is 19.1. The lowest BCUT2D eigenvalue weighted by atomic mass is 10.0. The Labute approximate surface area is 102 Å². The van der Waals surface area contributed by atoms with E-state index < -0.39 is 0 Å². The SMILES string of the molecule is CC.Cc1cc(-c2ccc(F)cc2)ccc1N. The summed E-state index contributed by atoms with van der Waals surface area (Å²) in [4.78, 5) is 0. The van der Waals surface area contributed by atoms with Gasteiger partial charge >= 0.3 is 0 Å². The lowest BCUT2D eigenvalue weighted by Gasteiger charge is -2.05. The molecule has 2 N–H and O–H groups in total. The van der Waals surface area contributed by atoms with Crippen molar-refractivity contribution in [3.8, 4) is 11.1 Å². The Kier molecular flexibility index (Phi) is 4.70. The maximum absolute atomic E-state index is 12.7. The first kappa shape index (κ1) is 13.2. The van der Waals surface area contributed by atoms with Gasteiger partial charge < -0.3 is 5.73 Å². The summed E-state index contributed by atoms with van der Waals surface area (Å²) >= 11 is 0. The highest BCUT2D eigenvalue weighted by molar-refractivity contribution is 5.67. The molecule has 0 unspecified atom stereocenters. The van der Waals surface area contributed by atoms with E-state index in [1.165, 1.54) is 12.1 Å². The lowest BCUT2D eigenvalue weighted by Crippen LogP contribution is -1.89. The Morgan fingerprint density at radius 1 is 0.882 bits per heavy atom. The number of rotatable bonds is 1. The molecule has 2 aromatic rings. The molecule has 2 heteroatoms. The fourth-order valence-corrected chi connectivity index (χ4v) is 1.50. The molecule has 0 amide bonds. The van der Waals surface area contributed by atoms with Crippen molar-refractivity contribution in [1.29, 1.82) is 0 Å². The van der Waals surface area contributed by atoms with E-state index in [-0.39, 0.29) is 5.82 Å². The number of halogens is 1. The maximum Gasteiger partial charge on any atom is 0.123 e. The zero-order valence-electron chi connectivity index (χ0n) is 10.5. The van der Waals surface area contributed by atoms with Gasteiger partial charge in [-0.05, 0) is 47.9 Å². The molecule has 0 saturated carbocycles. The predicted molar refractivity (Wildman–Crippen MR) is 72.3 cm³/mol. The summed E-state index contributed by atoms with van der Waals surface area (Å²) < 4.78 is 12.7. The summed E-state index contributed by atoms with van der Waals surface area (Å²) in [7, 11) is 0. The molecular weight excluding hydrogens is 213 g/mol. The van der Waals surface area contributed by atoms with Crippen LogP contribution in [0.3, 0.4) is 0 Å². The van der Waals surface area contributed by atoms with Crippen molar-refractivity contribution in [3.05, 3.63) is 53.8 Å².